The summed E-state index contributed by atoms with van der Waals surface area (Å²) in [5.74, 6) is -0.483. The summed E-state index contributed by atoms with van der Waals surface area (Å²) in [5, 5.41) is 8.72. The second-order valence-corrected chi connectivity index (χ2v) is 4.84. The van der Waals surface area contributed by atoms with Crippen LogP contribution >= 0.6 is 0 Å². The third-order valence-electron chi connectivity index (χ3n) is 3.39. The van der Waals surface area contributed by atoms with E-state index in [0.717, 1.165) is 17.0 Å². The van der Waals surface area contributed by atoms with Gasteiger partial charge in [-0.05, 0) is 44.9 Å². The normalized spacial score (nSPS) is 10.8. The van der Waals surface area contributed by atoms with Crippen molar-refractivity contribution >= 4 is 5.97 Å². The molecule has 1 aromatic carbocycles. The third kappa shape index (κ3) is 2.71. The summed E-state index contributed by atoms with van der Waals surface area (Å²) in [6.45, 7) is 5.59. The molecular formula is C15H17FN2O2. The van der Waals surface area contributed by atoms with Crippen LogP contribution in [0.1, 0.15) is 29.2 Å². The lowest BCUT2D eigenvalue weighted by Crippen LogP contribution is -2.04. The lowest BCUT2D eigenvalue weighted by Gasteiger charge is -2.11. The number of aromatic nitrogens is 2. The minimum Gasteiger partial charge on any atom is -0.481 e. The Kier molecular flexibility index (Phi) is 3.88. The fourth-order valence-corrected chi connectivity index (χ4v) is 2.27. The minimum atomic E-state index is -0.860. The summed E-state index contributed by atoms with van der Waals surface area (Å²) in [7, 11) is 0. The Balaban J connectivity index is 2.45. The standard InChI is InChI=1S/C15H17FN2O2/c1-9-10(2)18(11(3)17-9)14-8-12(4-6-13(14)16)5-7-15(19)20/h4,6,8H,5,7H2,1-3H3,(H,19,20). The van der Waals surface area contributed by atoms with Crippen molar-refractivity contribution in [1.29, 1.82) is 0 Å². The zero-order chi connectivity index (χ0) is 14.9. The van der Waals surface area contributed by atoms with Gasteiger partial charge in [-0.2, -0.15) is 0 Å². The van der Waals surface area contributed by atoms with E-state index in [1.165, 1.54) is 6.07 Å². The molecule has 2 aromatic rings. The molecule has 0 aliphatic heterocycles. The van der Waals surface area contributed by atoms with Crippen LogP contribution in [0.3, 0.4) is 0 Å². The van der Waals surface area contributed by atoms with Gasteiger partial charge in [-0.25, -0.2) is 9.37 Å². The molecule has 0 spiro atoms. The molecule has 0 bridgehead atoms. The monoisotopic (exact) mass is 276 g/mol. The topological polar surface area (TPSA) is 55.1 Å². The quantitative estimate of drug-likeness (QED) is 0.934. The van der Waals surface area contributed by atoms with Gasteiger partial charge in [0.15, 0.2) is 0 Å². The minimum absolute atomic E-state index is 0.0337. The number of benzene rings is 1. The maximum atomic E-state index is 14.1. The van der Waals surface area contributed by atoms with Gasteiger partial charge >= 0.3 is 5.97 Å². The molecule has 106 valence electrons. The molecule has 0 saturated carbocycles. The van der Waals surface area contributed by atoms with Crippen LogP contribution in [0.25, 0.3) is 5.69 Å². The van der Waals surface area contributed by atoms with Gasteiger partial charge in [0.05, 0.1) is 11.4 Å². The average molecular weight is 276 g/mol. The van der Waals surface area contributed by atoms with E-state index in [0.29, 0.717) is 17.9 Å². The highest BCUT2D eigenvalue weighted by molar-refractivity contribution is 5.67. The van der Waals surface area contributed by atoms with Crippen molar-refractivity contribution in [2.24, 2.45) is 0 Å². The van der Waals surface area contributed by atoms with E-state index in [1.54, 1.807) is 16.7 Å². The average Bonchev–Trinajstić information content (AvgIpc) is 2.63. The van der Waals surface area contributed by atoms with Crippen molar-refractivity contribution in [2.75, 3.05) is 0 Å². The van der Waals surface area contributed by atoms with Gasteiger partial charge in [-0.15, -0.1) is 0 Å². The van der Waals surface area contributed by atoms with Crippen LogP contribution in [-0.4, -0.2) is 20.6 Å². The summed E-state index contributed by atoms with van der Waals surface area (Å²) < 4.78 is 15.8. The first-order valence-corrected chi connectivity index (χ1v) is 6.43. The molecular weight excluding hydrogens is 259 g/mol. The zero-order valence-electron chi connectivity index (χ0n) is 11.8. The van der Waals surface area contributed by atoms with Crippen LogP contribution in [-0.2, 0) is 11.2 Å². The van der Waals surface area contributed by atoms with Gasteiger partial charge in [0.25, 0.3) is 0 Å². The lowest BCUT2D eigenvalue weighted by atomic mass is 10.1. The van der Waals surface area contributed by atoms with E-state index < -0.39 is 5.97 Å². The smallest absolute Gasteiger partial charge is 0.303 e. The summed E-state index contributed by atoms with van der Waals surface area (Å²) in [4.78, 5) is 15.0. The summed E-state index contributed by atoms with van der Waals surface area (Å²) >= 11 is 0. The lowest BCUT2D eigenvalue weighted by molar-refractivity contribution is -0.136. The van der Waals surface area contributed by atoms with E-state index in [-0.39, 0.29) is 12.2 Å². The summed E-state index contributed by atoms with van der Waals surface area (Å²) in [5.41, 5.74) is 2.96. The molecule has 0 atom stereocenters. The Labute approximate surface area is 116 Å². The van der Waals surface area contributed by atoms with E-state index >= 15 is 0 Å². The molecule has 2 rings (SSSR count). The first kappa shape index (κ1) is 14.2. The van der Waals surface area contributed by atoms with Crippen molar-refractivity contribution in [3.63, 3.8) is 0 Å². The van der Waals surface area contributed by atoms with Gasteiger partial charge in [0.1, 0.15) is 11.6 Å². The molecule has 1 aromatic heterocycles. The molecule has 0 radical (unpaired) electrons. The molecule has 0 aliphatic rings. The Hall–Kier alpha value is -2.17. The molecule has 5 heteroatoms. The second kappa shape index (κ2) is 5.45. The van der Waals surface area contributed by atoms with E-state index in [2.05, 4.69) is 4.98 Å². The van der Waals surface area contributed by atoms with Crippen LogP contribution in [0.4, 0.5) is 4.39 Å². The number of aliphatic carboxylic acids is 1. The first-order valence-electron chi connectivity index (χ1n) is 6.43. The maximum absolute atomic E-state index is 14.1. The molecule has 1 heterocycles. The van der Waals surface area contributed by atoms with Gasteiger partial charge < -0.3 is 5.11 Å². The molecule has 0 unspecified atom stereocenters. The van der Waals surface area contributed by atoms with Crippen LogP contribution in [0.15, 0.2) is 18.2 Å². The Morgan fingerprint density at radius 1 is 1.35 bits per heavy atom. The summed E-state index contributed by atoms with van der Waals surface area (Å²) in [6.07, 6.45) is 0.417. The largest absolute Gasteiger partial charge is 0.481 e. The van der Waals surface area contributed by atoms with Crippen molar-refractivity contribution < 1.29 is 14.3 Å². The molecule has 0 saturated heterocycles. The number of halogens is 1. The van der Waals surface area contributed by atoms with Crippen molar-refractivity contribution in [2.45, 2.75) is 33.6 Å². The molecule has 0 fully saturated rings. The highest BCUT2D eigenvalue weighted by Gasteiger charge is 2.14. The zero-order valence-corrected chi connectivity index (χ0v) is 11.8. The van der Waals surface area contributed by atoms with Crippen molar-refractivity contribution in [3.05, 3.63) is 46.8 Å². The Bertz CT molecular complexity index is 662. The fraction of sp³-hybridized carbons (Fsp3) is 0.333. The van der Waals surface area contributed by atoms with E-state index in [4.69, 9.17) is 5.11 Å². The predicted octanol–water partition coefficient (Wildman–Crippen LogP) is 2.95. The van der Waals surface area contributed by atoms with E-state index in [9.17, 15) is 9.18 Å². The Morgan fingerprint density at radius 2 is 2.05 bits per heavy atom. The highest BCUT2D eigenvalue weighted by Crippen LogP contribution is 2.22. The SMILES string of the molecule is Cc1nc(C)n(-c2cc(CCC(=O)O)ccc2F)c1C. The molecule has 0 amide bonds. The predicted molar refractivity (Wildman–Crippen MR) is 73.7 cm³/mol. The van der Waals surface area contributed by atoms with E-state index in [1.807, 2.05) is 20.8 Å². The maximum Gasteiger partial charge on any atom is 0.303 e. The van der Waals surface area contributed by atoms with Crippen molar-refractivity contribution in [1.82, 2.24) is 9.55 Å². The molecule has 20 heavy (non-hydrogen) atoms. The number of hydrogen-bond donors (Lipinski definition) is 1. The first-order chi connectivity index (χ1) is 9.40. The number of carboxylic acids is 1. The number of carboxylic acid groups (broad SMARTS) is 1. The van der Waals surface area contributed by atoms with Crippen LogP contribution in [0.5, 0.6) is 0 Å². The number of aryl methyl sites for hydroxylation is 3. The summed E-state index contributed by atoms with van der Waals surface area (Å²) in [6, 6.07) is 4.69. The third-order valence-corrected chi connectivity index (χ3v) is 3.39. The van der Waals surface area contributed by atoms with Crippen molar-refractivity contribution in [3.8, 4) is 5.69 Å². The number of carbonyl (C=O) groups is 1. The number of hydrogen-bond acceptors (Lipinski definition) is 2. The second-order valence-electron chi connectivity index (χ2n) is 4.84. The van der Waals surface area contributed by atoms with Crippen LogP contribution in [0, 0.1) is 26.6 Å². The number of nitrogens with zero attached hydrogens (tertiary/aromatic N) is 2. The highest BCUT2D eigenvalue weighted by atomic mass is 19.1. The number of rotatable bonds is 4. The fourth-order valence-electron chi connectivity index (χ4n) is 2.27. The van der Waals surface area contributed by atoms with Gasteiger partial charge in [-0.1, -0.05) is 6.07 Å². The van der Waals surface area contributed by atoms with Gasteiger partial charge in [-0.3, -0.25) is 9.36 Å². The Morgan fingerprint density at radius 3 is 2.60 bits per heavy atom. The molecule has 4 nitrogen and oxygen atoms in total. The van der Waals surface area contributed by atoms with Gasteiger partial charge in [0, 0.05) is 12.1 Å². The molecule has 1 N–H and O–H groups in total. The van der Waals surface area contributed by atoms with Crippen LogP contribution < -0.4 is 0 Å². The van der Waals surface area contributed by atoms with Gasteiger partial charge in [0.2, 0.25) is 0 Å². The number of imidazole rings is 1. The molecule has 0 aliphatic carbocycles. The van der Waals surface area contributed by atoms with Crippen LogP contribution in [0.2, 0.25) is 0 Å².